The first-order valence-corrected chi connectivity index (χ1v) is 12.0. The van der Waals surface area contributed by atoms with Crippen LogP contribution in [0.2, 0.25) is 0 Å². The molecule has 2 aliphatic carbocycles. The Labute approximate surface area is 203 Å². The molecule has 190 valence electrons. The van der Waals surface area contributed by atoms with Gasteiger partial charge in [-0.05, 0) is 61.1 Å². The molecule has 3 heterocycles. The molecule has 0 spiro atoms. The first kappa shape index (κ1) is 22.9. The van der Waals surface area contributed by atoms with Crippen LogP contribution in [0, 0.1) is 17.8 Å². The van der Waals surface area contributed by atoms with E-state index in [0.717, 1.165) is 30.6 Å². The number of nitrogens with one attached hydrogen (secondary N) is 2. The van der Waals surface area contributed by atoms with E-state index < -0.39 is 36.7 Å². The van der Waals surface area contributed by atoms with Gasteiger partial charge in [0, 0.05) is 6.54 Å². The Balaban J connectivity index is 1.25. The summed E-state index contributed by atoms with van der Waals surface area (Å²) in [5, 5.41) is 5.01. The van der Waals surface area contributed by atoms with Crippen molar-refractivity contribution in [3.63, 3.8) is 0 Å². The zero-order valence-electron chi connectivity index (χ0n) is 19.1. The van der Waals surface area contributed by atoms with Crippen LogP contribution >= 0.6 is 0 Å². The van der Waals surface area contributed by atoms with Crippen LogP contribution in [0.15, 0.2) is 39.6 Å². The number of rotatable bonds is 8. The number of fused-ring (bicyclic) bond motifs is 1. The average molecular weight is 503 g/mol. The number of carbonyl (C=O) groups is 2. The minimum atomic E-state index is -4.50. The van der Waals surface area contributed by atoms with E-state index in [1.165, 1.54) is 12.6 Å². The molecular weight excluding hydrogens is 479 g/mol. The predicted octanol–water partition coefficient (Wildman–Crippen LogP) is 4.18. The molecule has 0 unspecified atom stereocenters. The summed E-state index contributed by atoms with van der Waals surface area (Å²) in [6, 6.07) is 2.00. The van der Waals surface area contributed by atoms with E-state index in [1.807, 2.05) is 5.32 Å². The summed E-state index contributed by atoms with van der Waals surface area (Å²) in [5.41, 5.74) is 1.64. The quantitative estimate of drug-likeness (QED) is 0.477. The summed E-state index contributed by atoms with van der Waals surface area (Å²) < 4.78 is 50.2. The molecule has 3 amide bonds. The fourth-order valence-corrected chi connectivity index (χ4v) is 5.11. The Morgan fingerprint density at radius 3 is 2.58 bits per heavy atom. The van der Waals surface area contributed by atoms with Crippen LogP contribution < -0.4 is 10.6 Å². The van der Waals surface area contributed by atoms with Crippen molar-refractivity contribution >= 4 is 23.0 Å². The van der Waals surface area contributed by atoms with E-state index >= 15 is 0 Å². The molecule has 2 aromatic heterocycles. The van der Waals surface area contributed by atoms with Gasteiger partial charge in [-0.25, -0.2) is 14.8 Å². The molecule has 3 fully saturated rings. The van der Waals surface area contributed by atoms with Crippen LogP contribution in [0.5, 0.6) is 0 Å². The SMILES string of the molecule is O=C(N[C@H](c1nc2cc(CN3C[C@@H](C(F)(F)F)NC3=O)ccc2o1)C(C1CC1)C1CC1)c1cnco1. The molecule has 1 aromatic carbocycles. The van der Waals surface area contributed by atoms with E-state index in [2.05, 4.69) is 15.3 Å². The number of aromatic nitrogens is 2. The molecule has 1 saturated heterocycles. The molecule has 0 radical (unpaired) electrons. The van der Waals surface area contributed by atoms with E-state index in [1.54, 1.807) is 18.2 Å². The molecule has 2 N–H and O–H groups in total. The highest BCUT2D eigenvalue weighted by Gasteiger charge is 2.48. The second-order valence-corrected chi connectivity index (χ2v) is 9.85. The minimum absolute atomic E-state index is 0.00891. The van der Waals surface area contributed by atoms with Gasteiger partial charge < -0.3 is 24.4 Å². The summed E-state index contributed by atoms with van der Waals surface area (Å²) in [5.74, 6) is 1.25. The number of urea groups is 1. The van der Waals surface area contributed by atoms with Gasteiger partial charge in [-0.1, -0.05) is 6.07 Å². The van der Waals surface area contributed by atoms with Crippen molar-refractivity contribution in [2.45, 2.75) is 50.5 Å². The van der Waals surface area contributed by atoms with Crippen LogP contribution in [0.3, 0.4) is 0 Å². The third kappa shape index (κ3) is 4.51. The second-order valence-electron chi connectivity index (χ2n) is 9.85. The van der Waals surface area contributed by atoms with Crippen molar-refractivity contribution in [1.29, 1.82) is 0 Å². The third-order valence-corrected chi connectivity index (χ3v) is 7.15. The maximum atomic E-state index is 13.0. The van der Waals surface area contributed by atoms with Crippen molar-refractivity contribution < 1.29 is 31.6 Å². The average Bonchev–Trinajstić information content (AvgIpc) is 3.70. The van der Waals surface area contributed by atoms with Crippen LogP contribution in [-0.4, -0.2) is 45.6 Å². The molecule has 36 heavy (non-hydrogen) atoms. The van der Waals surface area contributed by atoms with Gasteiger partial charge in [0.05, 0.1) is 12.7 Å². The van der Waals surface area contributed by atoms with Gasteiger partial charge in [0.15, 0.2) is 12.0 Å². The molecular formula is C24H24F3N5O4. The lowest BCUT2D eigenvalue weighted by Crippen LogP contribution is -2.40. The monoisotopic (exact) mass is 503 g/mol. The van der Waals surface area contributed by atoms with Gasteiger partial charge in [-0.2, -0.15) is 13.2 Å². The first-order chi connectivity index (χ1) is 17.3. The van der Waals surface area contributed by atoms with Gasteiger partial charge in [0.25, 0.3) is 5.91 Å². The molecule has 6 rings (SSSR count). The summed E-state index contributed by atoms with van der Waals surface area (Å²) in [4.78, 5) is 34.5. The van der Waals surface area contributed by atoms with Gasteiger partial charge >= 0.3 is 12.2 Å². The number of halogens is 3. The summed E-state index contributed by atoms with van der Waals surface area (Å²) in [6.07, 6.45) is 2.43. The smallest absolute Gasteiger partial charge is 0.410 e. The maximum absolute atomic E-state index is 13.0. The number of amides is 3. The fraction of sp³-hybridized carbons (Fsp3) is 0.500. The van der Waals surface area contributed by atoms with Crippen molar-refractivity contribution in [1.82, 2.24) is 25.5 Å². The van der Waals surface area contributed by atoms with Crippen LogP contribution in [0.4, 0.5) is 18.0 Å². The third-order valence-electron chi connectivity index (χ3n) is 7.15. The Kier molecular flexibility index (Phi) is 5.41. The minimum Gasteiger partial charge on any atom is -0.438 e. The largest absolute Gasteiger partial charge is 0.438 e. The van der Waals surface area contributed by atoms with Crippen molar-refractivity contribution in [3.05, 3.63) is 48.0 Å². The van der Waals surface area contributed by atoms with Crippen molar-refractivity contribution in [2.75, 3.05) is 6.54 Å². The van der Waals surface area contributed by atoms with E-state index in [9.17, 15) is 22.8 Å². The zero-order valence-corrected chi connectivity index (χ0v) is 19.1. The van der Waals surface area contributed by atoms with Gasteiger partial charge in [0.1, 0.15) is 17.6 Å². The summed E-state index contributed by atoms with van der Waals surface area (Å²) in [7, 11) is 0. The van der Waals surface area contributed by atoms with Crippen molar-refractivity contribution in [2.24, 2.45) is 17.8 Å². The van der Waals surface area contributed by atoms with Gasteiger partial charge in [-0.3, -0.25) is 4.79 Å². The lowest BCUT2D eigenvalue weighted by molar-refractivity contribution is -0.149. The number of hydrogen-bond donors (Lipinski definition) is 2. The second kappa shape index (κ2) is 8.52. The van der Waals surface area contributed by atoms with E-state index in [4.69, 9.17) is 8.83 Å². The lowest BCUT2D eigenvalue weighted by atomic mass is 9.89. The highest BCUT2D eigenvalue weighted by atomic mass is 19.4. The topological polar surface area (TPSA) is 114 Å². The Morgan fingerprint density at radius 2 is 1.97 bits per heavy atom. The predicted molar refractivity (Wildman–Crippen MR) is 118 cm³/mol. The Bertz CT molecular complexity index is 1270. The zero-order chi connectivity index (χ0) is 25.0. The van der Waals surface area contributed by atoms with Gasteiger partial charge in [0.2, 0.25) is 11.7 Å². The number of benzene rings is 1. The molecule has 2 atom stereocenters. The normalized spacial score (nSPS) is 21.3. The molecule has 2 saturated carbocycles. The van der Waals surface area contributed by atoms with Crippen LogP contribution in [-0.2, 0) is 6.54 Å². The lowest BCUT2D eigenvalue weighted by Gasteiger charge is -2.25. The number of carbonyl (C=O) groups excluding carboxylic acids is 2. The molecule has 0 bridgehead atoms. The number of alkyl halides is 3. The number of oxazole rings is 2. The maximum Gasteiger partial charge on any atom is 0.410 e. The Hall–Kier alpha value is -3.57. The highest BCUT2D eigenvalue weighted by molar-refractivity contribution is 5.91. The Morgan fingerprint density at radius 1 is 1.22 bits per heavy atom. The number of nitrogens with zero attached hydrogens (tertiary/aromatic N) is 3. The van der Waals surface area contributed by atoms with Crippen molar-refractivity contribution in [3.8, 4) is 0 Å². The van der Waals surface area contributed by atoms with Gasteiger partial charge in [-0.15, -0.1) is 0 Å². The van der Waals surface area contributed by atoms with E-state index in [-0.39, 0.29) is 18.2 Å². The number of hydrogen-bond acceptors (Lipinski definition) is 6. The molecule has 3 aliphatic rings. The molecule has 3 aromatic rings. The summed E-state index contributed by atoms with van der Waals surface area (Å²) in [6.45, 7) is -0.445. The molecule has 1 aliphatic heterocycles. The standard InChI is InChI=1S/C24H24F3N5O4/c25-24(26,27)18-10-32(23(34)30-18)9-12-1-6-16-15(7-12)29-22(36-16)20(19(13-2-3-13)14-4-5-14)31-21(33)17-8-28-11-35-17/h1,6-8,11,13-14,18-20H,2-5,9-10H2,(H,30,34)(H,31,33)/t18-,20-/m0/s1. The van der Waals surface area contributed by atoms with E-state index in [0.29, 0.717) is 34.4 Å². The van der Waals surface area contributed by atoms with Crippen LogP contribution in [0.25, 0.3) is 11.1 Å². The molecule has 12 heteroatoms. The summed E-state index contributed by atoms with van der Waals surface area (Å²) >= 11 is 0. The highest BCUT2D eigenvalue weighted by Crippen LogP contribution is 2.54. The fourth-order valence-electron chi connectivity index (χ4n) is 5.11. The van der Waals surface area contributed by atoms with Crippen LogP contribution in [0.1, 0.15) is 53.7 Å². The molecule has 9 nitrogen and oxygen atoms in total. The first-order valence-electron chi connectivity index (χ1n) is 12.0.